The van der Waals surface area contributed by atoms with Gasteiger partial charge < -0.3 is 14.0 Å². The Kier molecular flexibility index (Phi) is 7.34. The van der Waals surface area contributed by atoms with Gasteiger partial charge in [0.2, 0.25) is 0 Å². The van der Waals surface area contributed by atoms with Crippen molar-refractivity contribution in [1.82, 2.24) is 4.90 Å². The van der Waals surface area contributed by atoms with Gasteiger partial charge in [-0.05, 0) is 113 Å². The van der Waals surface area contributed by atoms with Gasteiger partial charge in [-0.25, -0.2) is 0 Å². The Labute approximate surface area is 266 Å². The molecule has 4 aliphatic heterocycles. The minimum absolute atomic E-state index is 0.0547. The zero-order chi connectivity index (χ0) is 30.6. The third kappa shape index (κ3) is 4.30. The first-order valence-corrected chi connectivity index (χ1v) is 19.0. The number of hydrogen-bond acceptors (Lipinski definition) is 5. The first-order valence-electron chi connectivity index (χ1n) is 19.0. The van der Waals surface area contributed by atoms with Crippen LogP contribution in [-0.2, 0) is 19.1 Å². The predicted molar refractivity (Wildman–Crippen MR) is 171 cm³/mol. The molecule has 6 heteroatoms. The molecule has 44 heavy (non-hydrogen) atoms. The number of esters is 2. The molecule has 0 N–H and O–H groups in total. The normalized spacial score (nSPS) is 54.7. The molecular formula is C38H61N2O4+. The second kappa shape index (κ2) is 10.7. The van der Waals surface area contributed by atoms with Crippen LogP contribution in [0, 0.1) is 34.5 Å². The highest BCUT2D eigenvalue weighted by molar-refractivity contribution is 5.66. The molecule has 14 atom stereocenters. The molecule has 6 nitrogen and oxygen atoms in total. The second-order valence-electron chi connectivity index (χ2n) is 18.0. The number of piperidine rings is 2. The summed E-state index contributed by atoms with van der Waals surface area (Å²) in [6.45, 7) is 8.50. The van der Waals surface area contributed by atoms with Crippen LogP contribution in [0.3, 0.4) is 0 Å². The topological polar surface area (TPSA) is 55.8 Å². The molecule has 4 aliphatic carbocycles. The zero-order valence-electron chi connectivity index (χ0n) is 28.5. The van der Waals surface area contributed by atoms with Crippen LogP contribution in [0.25, 0.3) is 0 Å². The molecule has 4 saturated heterocycles. The molecule has 8 rings (SSSR count). The van der Waals surface area contributed by atoms with Crippen LogP contribution in [0.5, 0.6) is 0 Å². The summed E-state index contributed by atoms with van der Waals surface area (Å²) in [5, 5.41) is 0. The Bertz CT molecular complexity index is 1130. The summed E-state index contributed by atoms with van der Waals surface area (Å²) >= 11 is 0. The molecule has 8 aliphatic rings. The molecule has 0 aromatic rings. The van der Waals surface area contributed by atoms with Crippen LogP contribution < -0.4 is 0 Å². The van der Waals surface area contributed by atoms with E-state index in [9.17, 15) is 9.59 Å². The molecule has 8 fully saturated rings. The first-order chi connectivity index (χ1) is 21.0. The van der Waals surface area contributed by atoms with Crippen LogP contribution >= 0.6 is 0 Å². The van der Waals surface area contributed by atoms with Gasteiger partial charge in [0.15, 0.2) is 6.10 Å². The molecule has 4 saturated carbocycles. The monoisotopic (exact) mass is 609 g/mol. The van der Waals surface area contributed by atoms with Gasteiger partial charge in [0, 0.05) is 56.7 Å². The van der Waals surface area contributed by atoms with Crippen LogP contribution in [0.1, 0.15) is 137 Å². The summed E-state index contributed by atoms with van der Waals surface area (Å²) in [6.07, 6.45) is 22.1. The maximum atomic E-state index is 12.7. The largest absolute Gasteiger partial charge is 0.461 e. The molecular weight excluding hydrogens is 548 g/mol. The van der Waals surface area contributed by atoms with Gasteiger partial charge in [0.25, 0.3) is 0 Å². The Morgan fingerprint density at radius 2 is 1.39 bits per heavy atom. The van der Waals surface area contributed by atoms with Gasteiger partial charge in [0.05, 0.1) is 19.1 Å². The summed E-state index contributed by atoms with van der Waals surface area (Å²) in [4.78, 5) is 28.0. The van der Waals surface area contributed by atoms with Crippen molar-refractivity contribution >= 4 is 11.9 Å². The number of carbonyl (C=O) groups is 2. The number of fused-ring (bicyclic) bond motifs is 9. The number of carbonyl (C=O) groups excluding carboxylic acids is 2. The van der Waals surface area contributed by atoms with Crippen LogP contribution in [-0.4, -0.2) is 76.8 Å². The van der Waals surface area contributed by atoms with E-state index in [0.717, 1.165) is 30.3 Å². The Hall–Kier alpha value is -1.14. The fourth-order valence-corrected chi connectivity index (χ4v) is 14.7. The number of ether oxygens (including phenoxy) is 2. The van der Waals surface area contributed by atoms with Crippen molar-refractivity contribution in [3.05, 3.63) is 0 Å². The lowest BCUT2D eigenvalue weighted by molar-refractivity contribution is -0.972. The van der Waals surface area contributed by atoms with Gasteiger partial charge in [-0.1, -0.05) is 20.3 Å². The molecule has 246 valence electrons. The van der Waals surface area contributed by atoms with Gasteiger partial charge in [-0.3, -0.25) is 14.5 Å². The molecule has 0 spiro atoms. The third-order valence-corrected chi connectivity index (χ3v) is 16.5. The van der Waals surface area contributed by atoms with Gasteiger partial charge >= 0.3 is 11.9 Å². The molecule has 0 radical (unpaired) electrons. The Balaban J connectivity index is 1.11. The van der Waals surface area contributed by atoms with E-state index in [-0.39, 0.29) is 29.6 Å². The lowest BCUT2D eigenvalue weighted by atomic mass is 9.44. The van der Waals surface area contributed by atoms with Crippen molar-refractivity contribution in [1.29, 1.82) is 0 Å². The van der Waals surface area contributed by atoms with Crippen molar-refractivity contribution in [2.75, 3.05) is 7.05 Å². The summed E-state index contributed by atoms with van der Waals surface area (Å²) in [6, 6.07) is 3.71. The van der Waals surface area contributed by atoms with Crippen LogP contribution in [0.4, 0.5) is 0 Å². The highest BCUT2D eigenvalue weighted by Gasteiger charge is 2.69. The second-order valence-corrected chi connectivity index (χ2v) is 18.0. The highest BCUT2D eigenvalue weighted by Crippen LogP contribution is 2.68. The van der Waals surface area contributed by atoms with Crippen molar-refractivity contribution in [3.63, 3.8) is 0 Å². The molecule has 0 aromatic heterocycles. The number of quaternary nitrogens is 1. The standard InChI is InChI=1S/C38H61N2O4/c1-23(41)43-35-20-25-12-17-30-31(38(25,4)22-33(35)39-26-8-6-9-27(39)14-13-26)18-19-37(3)32(30)21-34(36(37)44-24(2)42)40(5)28-10-7-11-29(40)16-15-28/h25-36H,6-22H2,1-5H3/q+1/t25-,26?,27?,28?,29?,30+,31-,32-,33-,34-,35-,36-,37-,38-,40?/m0/s1. The van der Waals surface area contributed by atoms with Crippen LogP contribution in [0.2, 0.25) is 0 Å². The average Bonchev–Trinajstić information content (AvgIpc) is 3.42. The molecule has 0 aromatic carbocycles. The average molecular weight is 610 g/mol. The fraction of sp³-hybridized carbons (Fsp3) is 0.947. The van der Waals surface area contributed by atoms with E-state index in [1.165, 1.54) is 107 Å². The first kappa shape index (κ1) is 30.2. The van der Waals surface area contributed by atoms with E-state index in [1.807, 2.05) is 0 Å². The number of nitrogens with zero attached hydrogens (tertiary/aromatic N) is 2. The van der Waals surface area contributed by atoms with Crippen molar-refractivity contribution in [2.45, 2.75) is 185 Å². The quantitative estimate of drug-likeness (QED) is 0.253. The fourth-order valence-electron chi connectivity index (χ4n) is 14.7. The minimum Gasteiger partial charge on any atom is -0.461 e. The van der Waals surface area contributed by atoms with Gasteiger partial charge in [0.1, 0.15) is 12.1 Å². The number of likely N-dealkylation sites (N-methyl/N-ethyl adjacent to an activating group) is 1. The molecule has 4 bridgehead atoms. The van der Waals surface area contributed by atoms with Crippen molar-refractivity contribution in [3.8, 4) is 0 Å². The number of hydrogen-bond donors (Lipinski definition) is 0. The maximum Gasteiger partial charge on any atom is 0.303 e. The minimum atomic E-state index is -0.0908. The highest BCUT2D eigenvalue weighted by atomic mass is 16.5. The summed E-state index contributed by atoms with van der Waals surface area (Å²) in [7, 11) is 2.58. The van der Waals surface area contributed by atoms with E-state index in [4.69, 9.17) is 9.47 Å². The van der Waals surface area contributed by atoms with E-state index in [1.54, 1.807) is 13.8 Å². The predicted octanol–water partition coefficient (Wildman–Crippen LogP) is 7.03. The lowest BCUT2D eigenvalue weighted by Gasteiger charge is -2.63. The zero-order valence-corrected chi connectivity index (χ0v) is 28.5. The number of rotatable bonds is 4. The van der Waals surface area contributed by atoms with E-state index >= 15 is 0 Å². The molecule has 0 amide bonds. The van der Waals surface area contributed by atoms with E-state index in [2.05, 4.69) is 25.8 Å². The van der Waals surface area contributed by atoms with Crippen molar-refractivity contribution < 1.29 is 23.5 Å². The lowest BCUT2D eigenvalue weighted by Crippen LogP contribution is -2.65. The van der Waals surface area contributed by atoms with E-state index in [0.29, 0.717) is 41.4 Å². The summed E-state index contributed by atoms with van der Waals surface area (Å²) in [5.41, 5.74) is 0.374. The molecule has 4 heterocycles. The Morgan fingerprint density at radius 1 is 0.727 bits per heavy atom. The summed E-state index contributed by atoms with van der Waals surface area (Å²) < 4.78 is 13.9. The molecule has 4 unspecified atom stereocenters. The van der Waals surface area contributed by atoms with Gasteiger partial charge in [-0.2, -0.15) is 0 Å². The summed E-state index contributed by atoms with van der Waals surface area (Å²) in [5.74, 6) is 2.56. The van der Waals surface area contributed by atoms with Gasteiger partial charge in [-0.15, -0.1) is 0 Å². The van der Waals surface area contributed by atoms with Crippen molar-refractivity contribution in [2.24, 2.45) is 34.5 Å². The maximum absolute atomic E-state index is 12.7. The SMILES string of the molecule is CC(=O)O[C@H]1C[C@@H]2CC[C@@H]3[C@H](CC[C@@]4(C)[C@H]3C[C@H]([N+]3(C)C5CCCC3CC5)[C@@H]4OC(C)=O)[C@@]2(C)C[C@@H]1N1C2CCCC1CC2. The van der Waals surface area contributed by atoms with Crippen LogP contribution in [0.15, 0.2) is 0 Å². The smallest absolute Gasteiger partial charge is 0.303 e. The third-order valence-electron chi connectivity index (χ3n) is 16.5. The van der Waals surface area contributed by atoms with E-state index < -0.39 is 0 Å². The Morgan fingerprint density at radius 3 is 2.05 bits per heavy atom.